The van der Waals surface area contributed by atoms with Crippen LogP contribution in [-0.2, 0) is 13.6 Å². The van der Waals surface area contributed by atoms with E-state index in [9.17, 15) is 4.57 Å². The fraction of sp³-hybridized carbons (Fsp3) is 0.625. The van der Waals surface area contributed by atoms with Crippen molar-refractivity contribution in [3.8, 4) is 0 Å². The summed E-state index contributed by atoms with van der Waals surface area (Å²) in [6.45, 7) is 15.6. The molecular weight excluding hydrogens is 479 g/mol. The molecule has 0 aliphatic rings. The standard InChI is InChI=1S/C24H38O.C8H18O3P/c1-3-5-6-7-8-9-10-11-12-13-14-15-16-17-18-19-20-21-22-24(4-2)23-25;1-7(2,3)10-12(9)11-8(4,5)6/h5-6,8-9,11-12,14-15,17-18,20-21,24-25H,3-4,7,10,13,16,19,22-23H2,1-2H3;1-6H3/q;+1/b6-5-,9-8-,12-11-,15-14-,18-17-,21-20-;. The second-order valence-corrected chi connectivity index (χ2v) is 11.6. The molecule has 0 aliphatic heterocycles. The minimum absolute atomic E-state index is 0.294. The molecule has 0 spiro atoms. The molecule has 0 saturated heterocycles. The second kappa shape index (κ2) is 24.7. The first-order valence-electron chi connectivity index (χ1n) is 13.8. The Hall–Kier alpha value is -1.58. The van der Waals surface area contributed by atoms with Crippen LogP contribution in [0.1, 0.15) is 107 Å². The second-order valence-electron chi connectivity index (χ2n) is 10.7. The fourth-order valence-electron chi connectivity index (χ4n) is 2.65. The normalized spacial score (nSPS) is 14.1. The highest BCUT2D eigenvalue weighted by molar-refractivity contribution is 7.33. The number of allylic oxidation sites excluding steroid dienone is 12. The molecule has 0 saturated carbocycles. The van der Waals surface area contributed by atoms with Gasteiger partial charge < -0.3 is 5.11 Å². The maximum atomic E-state index is 11.2. The Morgan fingerprint density at radius 3 is 1.22 bits per heavy atom. The van der Waals surface area contributed by atoms with E-state index in [1.807, 2.05) is 41.5 Å². The molecule has 1 N–H and O–H groups in total. The lowest BCUT2D eigenvalue weighted by Crippen LogP contribution is -2.19. The van der Waals surface area contributed by atoms with Crippen LogP contribution >= 0.6 is 8.25 Å². The van der Waals surface area contributed by atoms with Crippen molar-refractivity contribution < 1.29 is 18.7 Å². The minimum Gasteiger partial charge on any atom is -0.396 e. The molecule has 212 valence electrons. The molecule has 0 aliphatic carbocycles. The number of hydrogen-bond donors (Lipinski definition) is 1. The van der Waals surface area contributed by atoms with Gasteiger partial charge >= 0.3 is 8.25 Å². The molecular formula is C32H56O4P+. The number of hydrogen-bond acceptors (Lipinski definition) is 4. The molecule has 0 aromatic carbocycles. The summed E-state index contributed by atoms with van der Waals surface area (Å²) < 4.78 is 21.4. The first-order chi connectivity index (χ1) is 17.4. The average Bonchev–Trinajstić information content (AvgIpc) is 2.78. The minimum atomic E-state index is -2.01. The Morgan fingerprint density at radius 2 is 0.946 bits per heavy atom. The van der Waals surface area contributed by atoms with E-state index in [-0.39, 0.29) is 0 Å². The average molecular weight is 536 g/mol. The van der Waals surface area contributed by atoms with Gasteiger partial charge in [0.15, 0.2) is 0 Å². The van der Waals surface area contributed by atoms with Crippen LogP contribution in [0.4, 0.5) is 0 Å². The molecule has 5 heteroatoms. The van der Waals surface area contributed by atoms with Gasteiger partial charge in [0.05, 0.1) is 0 Å². The molecule has 0 fully saturated rings. The highest BCUT2D eigenvalue weighted by atomic mass is 31.1. The number of aliphatic hydroxyl groups is 1. The van der Waals surface area contributed by atoms with Crippen molar-refractivity contribution in [1.29, 1.82) is 0 Å². The van der Waals surface area contributed by atoms with E-state index in [0.29, 0.717) is 12.5 Å². The summed E-state index contributed by atoms with van der Waals surface area (Å²) in [5.74, 6) is 0.421. The maximum Gasteiger partial charge on any atom is 0.698 e. The smallest absolute Gasteiger partial charge is 0.396 e. The van der Waals surface area contributed by atoms with Crippen molar-refractivity contribution in [1.82, 2.24) is 0 Å². The Balaban J connectivity index is 0. The van der Waals surface area contributed by atoms with E-state index in [0.717, 1.165) is 51.4 Å². The zero-order valence-corrected chi connectivity index (χ0v) is 25.9. The van der Waals surface area contributed by atoms with Crippen LogP contribution in [0.15, 0.2) is 72.9 Å². The highest BCUT2D eigenvalue weighted by Crippen LogP contribution is 2.35. The van der Waals surface area contributed by atoms with Gasteiger partial charge in [0.25, 0.3) is 0 Å². The Bertz CT molecular complexity index is 694. The van der Waals surface area contributed by atoms with Crippen molar-refractivity contribution in [2.24, 2.45) is 5.92 Å². The molecule has 0 bridgehead atoms. The van der Waals surface area contributed by atoms with Crippen LogP contribution < -0.4 is 0 Å². The van der Waals surface area contributed by atoms with Crippen LogP contribution in [0.2, 0.25) is 0 Å². The Kier molecular flexibility index (Phi) is 25.1. The predicted molar refractivity (Wildman–Crippen MR) is 163 cm³/mol. The van der Waals surface area contributed by atoms with Gasteiger partial charge in [-0.3, -0.25) is 0 Å². The molecule has 4 nitrogen and oxygen atoms in total. The third-order valence-corrected chi connectivity index (χ3v) is 5.99. The zero-order valence-electron chi connectivity index (χ0n) is 25.0. The van der Waals surface area contributed by atoms with E-state index < -0.39 is 19.5 Å². The molecule has 1 atom stereocenters. The largest absolute Gasteiger partial charge is 0.698 e. The lowest BCUT2D eigenvalue weighted by molar-refractivity contribution is 0.0634. The van der Waals surface area contributed by atoms with Crippen molar-refractivity contribution in [2.45, 2.75) is 118 Å². The van der Waals surface area contributed by atoms with Crippen LogP contribution in [0.25, 0.3) is 0 Å². The lowest BCUT2D eigenvalue weighted by atomic mass is 10.0. The van der Waals surface area contributed by atoms with Gasteiger partial charge in [-0.2, -0.15) is 0 Å². The summed E-state index contributed by atoms with van der Waals surface area (Å²) in [4.78, 5) is 0. The van der Waals surface area contributed by atoms with E-state index >= 15 is 0 Å². The predicted octanol–water partition coefficient (Wildman–Crippen LogP) is 10.4. The topological polar surface area (TPSA) is 55.8 Å². The molecule has 0 amide bonds. The third kappa shape index (κ3) is 34.4. The summed E-state index contributed by atoms with van der Waals surface area (Å²) in [5.41, 5.74) is -0.836. The van der Waals surface area contributed by atoms with E-state index in [1.54, 1.807) is 0 Å². The van der Waals surface area contributed by atoms with Gasteiger partial charge in [-0.1, -0.05) is 93.2 Å². The third-order valence-electron chi connectivity index (χ3n) is 4.60. The van der Waals surface area contributed by atoms with Gasteiger partial charge in [-0.15, -0.1) is 9.05 Å². The van der Waals surface area contributed by atoms with Crippen LogP contribution in [0.5, 0.6) is 0 Å². The number of aliphatic hydroxyl groups excluding tert-OH is 1. The van der Waals surface area contributed by atoms with E-state index in [4.69, 9.17) is 14.2 Å². The van der Waals surface area contributed by atoms with Gasteiger partial charge in [-0.05, 0) is 92.4 Å². The SMILES string of the molecule is CC(C)(C)O[P+](=O)OC(C)(C)C.CC/C=C\C/C=C\C/C=C\C/C=C\C/C=C\C/C=C\CC(CC)CO. The van der Waals surface area contributed by atoms with E-state index in [2.05, 4.69) is 86.8 Å². The van der Waals surface area contributed by atoms with Crippen LogP contribution in [0.3, 0.4) is 0 Å². The van der Waals surface area contributed by atoms with Crippen molar-refractivity contribution in [3.05, 3.63) is 72.9 Å². The summed E-state index contributed by atoms with van der Waals surface area (Å²) in [6, 6.07) is 0. The Morgan fingerprint density at radius 1 is 0.622 bits per heavy atom. The number of rotatable bonds is 17. The van der Waals surface area contributed by atoms with Gasteiger partial charge in [-0.25, -0.2) is 0 Å². The summed E-state index contributed by atoms with van der Waals surface area (Å²) in [5, 5.41) is 9.10. The van der Waals surface area contributed by atoms with Gasteiger partial charge in [0, 0.05) is 11.2 Å². The maximum absolute atomic E-state index is 11.2. The fourth-order valence-corrected chi connectivity index (χ4v) is 3.58. The van der Waals surface area contributed by atoms with Crippen molar-refractivity contribution >= 4 is 8.25 Å². The molecule has 0 heterocycles. The Labute approximate surface area is 230 Å². The molecule has 1 unspecified atom stereocenters. The van der Waals surface area contributed by atoms with Crippen LogP contribution in [0, 0.1) is 5.92 Å². The first kappa shape index (κ1) is 37.6. The quantitative estimate of drug-likeness (QED) is 0.149. The summed E-state index contributed by atoms with van der Waals surface area (Å²) in [7, 11) is -2.01. The van der Waals surface area contributed by atoms with E-state index in [1.165, 1.54) is 0 Å². The first-order valence-corrected chi connectivity index (χ1v) is 14.9. The molecule has 0 radical (unpaired) electrons. The lowest BCUT2D eigenvalue weighted by Gasteiger charge is -2.12. The molecule has 0 aromatic rings. The molecule has 0 aromatic heterocycles. The van der Waals surface area contributed by atoms with Crippen molar-refractivity contribution in [2.75, 3.05) is 6.61 Å². The summed E-state index contributed by atoms with van der Waals surface area (Å²) in [6.07, 6.45) is 34.7. The van der Waals surface area contributed by atoms with Gasteiger partial charge in [0.1, 0.15) is 11.2 Å². The van der Waals surface area contributed by atoms with Crippen molar-refractivity contribution in [3.63, 3.8) is 0 Å². The molecule has 37 heavy (non-hydrogen) atoms. The van der Waals surface area contributed by atoms with Crippen LogP contribution in [-0.4, -0.2) is 22.9 Å². The zero-order chi connectivity index (χ0) is 28.4. The highest BCUT2D eigenvalue weighted by Gasteiger charge is 2.35. The monoisotopic (exact) mass is 535 g/mol. The molecule has 0 rings (SSSR count). The van der Waals surface area contributed by atoms with Gasteiger partial charge in [0.2, 0.25) is 0 Å². The summed E-state index contributed by atoms with van der Waals surface area (Å²) >= 11 is 0.